The van der Waals surface area contributed by atoms with E-state index in [2.05, 4.69) is 15.9 Å². The standard InChI is InChI=1S/C12H16BrFO2/c1-7-5-8(13)10(14)9(11(7)16-4)12(2,3)6-15/h5,15H,6H2,1-4H3. The van der Waals surface area contributed by atoms with Gasteiger partial charge in [0.15, 0.2) is 0 Å². The fourth-order valence-corrected chi connectivity index (χ4v) is 2.22. The molecule has 0 radical (unpaired) electrons. The highest BCUT2D eigenvalue weighted by atomic mass is 79.9. The van der Waals surface area contributed by atoms with Crippen LogP contribution in [0.25, 0.3) is 0 Å². The lowest BCUT2D eigenvalue weighted by Gasteiger charge is -2.26. The number of aliphatic hydroxyl groups excluding tert-OH is 1. The average Bonchev–Trinajstić information content (AvgIpc) is 2.22. The lowest BCUT2D eigenvalue weighted by atomic mass is 9.83. The largest absolute Gasteiger partial charge is 0.496 e. The third-order valence-corrected chi connectivity index (χ3v) is 3.21. The Morgan fingerprint density at radius 3 is 2.50 bits per heavy atom. The van der Waals surface area contributed by atoms with Crippen molar-refractivity contribution in [2.75, 3.05) is 13.7 Å². The number of halogens is 2. The first-order valence-electron chi connectivity index (χ1n) is 4.99. The Bertz CT molecular complexity index is 402. The smallest absolute Gasteiger partial charge is 0.144 e. The van der Waals surface area contributed by atoms with Crippen LogP contribution in [0.1, 0.15) is 25.0 Å². The second-order valence-corrected chi connectivity index (χ2v) is 5.29. The number of rotatable bonds is 3. The van der Waals surface area contributed by atoms with Gasteiger partial charge in [0.05, 0.1) is 18.2 Å². The molecule has 0 bridgehead atoms. The maximum atomic E-state index is 14.1. The summed E-state index contributed by atoms with van der Waals surface area (Å²) in [5.74, 6) is 0.126. The Morgan fingerprint density at radius 2 is 2.06 bits per heavy atom. The van der Waals surface area contributed by atoms with Crippen LogP contribution in [0.15, 0.2) is 10.5 Å². The van der Waals surface area contributed by atoms with E-state index in [0.29, 0.717) is 15.8 Å². The lowest BCUT2D eigenvalue weighted by Crippen LogP contribution is -2.25. The summed E-state index contributed by atoms with van der Waals surface area (Å²) >= 11 is 3.17. The molecule has 0 saturated heterocycles. The number of aliphatic hydroxyl groups is 1. The summed E-state index contributed by atoms with van der Waals surface area (Å²) in [6, 6.07) is 1.67. The summed E-state index contributed by atoms with van der Waals surface area (Å²) in [6.07, 6.45) is 0. The topological polar surface area (TPSA) is 29.5 Å². The molecule has 1 aromatic rings. The van der Waals surface area contributed by atoms with Crippen LogP contribution in [-0.2, 0) is 5.41 Å². The summed E-state index contributed by atoms with van der Waals surface area (Å²) in [4.78, 5) is 0. The third kappa shape index (κ3) is 2.23. The van der Waals surface area contributed by atoms with E-state index in [-0.39, 0.29) is 12.4 Å². The Balaban J connectivity index is 3.57. The Labute approximate surface area is 104 Å². The van der Waals surface area contributed by atoms with Gasteiger partial charge in [0.1, 0.15) is 11.6 Å². The van der Waals surface area contributed by atoms with Crippen molar-refractivity contribution >= 4 is 15.9 Å². The van der Waals surface area contributed by atoms with Gasteiger partial charge in [-0.15, -0.1) is 0 Å². The van der Waals surface area contributed by atoms with Gasteiger partial charge >= 0.3 is 0 Å². The number of aryl methyl sites for hydroxylation is 1. The Kier molecular flexibility index (Phi) is 3.97. The molecule has 1 N–H and O–H groups in total. The van der Waals surface area contributed by atoms with Gasteiger partial charge < -0.3 is 9.84 Å². The summed E-state index contributed by atoms with van der Waals surface area (Å²) < 4.78 is 19.7. The van der Waals surface area contributed by atoms with Crippen LogP contribution < -0.4 is 4.74 Å². The number of methoxy groups -OCH3 is 1. The van der Waals surface area contributed by atoms with Gasteiger partial charge in [-0.05, 0) is 34.5 Å². The fraction of sp³-hybridized carbons (Fsp3) is 0.500. The fourth-order valence-electron chi connectivity index (χ4n) is 1.68. The SMILES string of the molecule is COc1c(C)cc(Br)c(F)c1C(C)(C)CO. The van der Waals surface area contributed by atoms with Crippen LogP contribution in [0.3, 0.4) is 0 Å². The van der Waals surface area contributed by atoms with E-state index in [1.54, 1.807) is 19.9 Å². The predicted octanol–water partition coefficient (Wildman–Crippen LogP) is 3.18. The molecule has 2 nitrogen and oxygen atoms in total. The first kappa shape index (κ1) is 13.5. The second kappa shape index (κ2) is 4.72. The third-order valence-electron chi connectivity index (χ3n) is 2.63. The molecule has 90 valence electrons. The van der Waals surface area contributed by atoms with Gasteiger partial charge in [0.25, 0.3) is 0 Å². The zero-order valence-electron chi connectivity index (χ0n) is 9.90. The molecular weight excluding hydrogens is 275 g/mol. The minimum absolute atomic E-state index is 0.143. The number of hydrogen-bond donors (Lipinski definition) is 1. The van der Waals surface area contributed by atoms with Gasteiger partial charge in [0.2, 0.25) is 0 Å². The molecule has 0 aromatic heterocycles. The zero-order chi connectivity index (χ0) is 12.5. The van der Waals surface area contributed by atoms with Crippen molar-refractivity contribution in [1.29, 1.82) is 0 Å². The molecule has 0 aliphatic rings. The molecule has 0 amide bonds. The minimum atomic E-state index is -0.677. The van der Waals surface area contributed by atoms with Gasteiger partial charge in [-0.25, -0.2) is 4.39 Å². The molecule has 16 heavy (non-hydrogen) atoms. The van der Waals surface area contributed by atoms with E-state index in [4.69, 9.17) is 4.74 Å². The molecule has 1 aromatic carbocycles. The van der Waals surface area contributed by atoms with Crippen LogP contribution >= 0.6 is 15.9 Å². The molecule has 1 rings (SSSR count). The molecule has 0 spiro atoms. The highest BCUT2D eigenvalue weighted by molar-refractivity contribution is 9.10. The molecule has 0 atom stereocenters. The normalized spacial score (nSPS) is 11.7. The zero-order valence-corrected chi connectivity index (χ0v) is 11.5. The molecule has 0 aliphatic heterocycles. The number of hydrogen-bond acceptors (Lipinski definition) is 2. The molecule has 0 heterocycles. The summed E-state index contributed by atoms with van der Waals surface area (Å²) in [5, 5.41) is 9.34. The van der Waals surface area contributed by atoms with E-state index in [1.807, 2.05) is 6.92 Å². The van der Waals surface area contributed by atoms with Gasteiger partial charge in [-0.3, -0.25) is 0 Å². The average molecular weight is 291 g/mol. The first-order chi connectivity index (χ1) is 7.35. The molecule has 0 aliphatic carbocycles. The van der Waals surface area contributed by atoms with Gasteiger partial charge in [-0.2, -0.15) is 0 Å². The summed E-state index contributed by atoms with van der Waals surface area (Å²) in [6.45, 7) is 5.26. The van der Waals surface area contributed by atoms with Crippen molar-refractivity contribution < 1.29 is 14.2 Å². The highest BCUT2D eigenvalue weighted by Gasteiger charge is 2.30. The van der Waals surface area contributed by atoms with Crippen LogP contribution in [0, 0.1) is 12.7 Å². The van der Waals surface area contributed by atoms with E-state index in [1.165, 1.54) is 7.11 Å². The quantitative estimate of drug-likeness (QED) is 0.927. The van der Waals surface area contributed by atoms with Gasteiger partial charge in [0, 0.05) is 11.0 Å². The van der Waals surface area contributed by atoms with Crippen molar-refractivity contribution in [2.45, 2.75) is 26.2 Å². The van der Waals surface area contributed by atoms with Crippen molar-refractivity contribution in [3.05, 3.63) is 27.5 Å². The van der Waals surface area contributed by atoms with E-state index in [9.17, 15) is 9.50 Å². The van der Waals surface area contributed by atoms with Crippen molar-refractivity contribution in [3.8, 4) is 5.75 Å². The predicted molar refractivity (Wildman–Crippen MR) is 65.5 cm³/mol. The van der Waals surface area contributed by atoms with Crippen molar-refractivity contribution in [3.63, 3.8) is 0 Å². The second-order valence-electron chi connectivity index (χ2n) is 4.44. The lowest BCUT2D eigenvalue weighted by molar-refractivity contribution is 0.210. The van der Waals surface area contributed by atoms with E-state index >= 15 is 0 Å². The van der Waals surface area contributed by atoms with E-state index in [0.717, 1.165) is 5.56 Å². The maximum Gasteiger partial charge on any atom is 0.144 e. The van der Waals surface area contributed by atoms with Gasteiger partial charge in [-0.1, -0.05) is 13.8 Å². The molecule has 0 fully saturated rings. The monoisotopic (exact) mass is 290 g/mol. The van der Waals surface area contributed by atoms with Crippen LogP contribution in [0.5, 0.6) is 5.75 Å². The number of ether oxygens (including phenoxy) is 1. The molecular formula is C12H16BrFO2. The minimum Gasteiger partial charge on any atom is -0.496 e. The number of benzene rings is 1. The van der Waals surface area contributed by atoms with Crippen LogP contribution in [0.2, 0.25) is 0 Å². The first-order valence-corrected chi connectivity index (χ1v) is 5.78. The Hall–Kier alpha value is -0.610. The van der Waals surface area contributed by atoms with Crippen molar-refractivity contribution in [1.82, 2.24) is 0 Å². The molecule has 4 heteroatoms. The van der Waals surface area contributed by atoms with Crippen molar-refractivity contribution in [2.24, 2.45) is 0 Å². The van der Waals surface area contributed by atoms with Crippen LogP contribution in [-0.4, -0.2) is 18.8 Å². The summed E-state index contributed by atoms with van der Waals surface area (Å²) in [5.41, 5.74) is 0.570. The summed E-state index contributed by atoms with van der Waals surface area (Å²) in [7, 11) is 1.51. The molecule has 0 unspecified atom stereocenters. The highest BCUT2D eigenvalue weighted by Crippen LogP contribution is 2.39. The molecule has 0 saturated carbocycles. The van der Waals surface area contributed by atoms with Crippen LogP contribution in [0.4, 0.5) is 4.39 Å². The van der Waals surface area contributed by atoms with E-state index < -0.39 is 5.41 Å². The maximum absolute atomic E-state index is 14.1. The Morgan fingerprint density at radius 1 is 1.50 bits per heavy atom.